The molecule has 2 heterocycles. The van der Waals surface area contributed by atoms with E-state index in [0.717, 1.165) is 28.8 Å². The highest BCUT2D eigenvalue weighted by molar-refractivity contribution is 6.36. The van der Waals surface area contributed by atoms with Crippen molar-refractivity contribution in [1.29, 1.82) is 0 Å². The first-order chi connectivity index (χ1) is 9.33. The van der Waals surface area contributed by atoms with Crippen LogP contribution in [0.3, 0.4) is 0 Å². The molecular formula is C16H17ClN2. The molecule has 0 saturated carbocycles. The van der Waals surface area contributed by atoms with Crippen LogP contribution < -0.4 is 4.90 Å². The quantitative estimate of drug-likeness (QED) is 0.781. The van der Waals surface area contributed by atoms with E-state index in [1.54, 1.807) is 0 Å². The van der Waals surface area contributed by atoms with Crippen molar-refractivity contribution in [3.63, 3.8) is 0 Å². The first-order valence-corrected chi connectivity index (χ1v) is 7.57. The maximum Gasteiger partial charge on any atom is 0.0722 e. The van der Waals surface area contributed by atoms with Crippen molar-refractivity contribution in [3.8, 4) is 0 Å². The second kappa shape index (κ2) is 4.38. The molecule has 4 rings (SSSR count). The molecule has 0 atom stereocenters. The minimum absolute atomic E-state index is 0.943. The molecule has 2 nitrogen and oxygen atoms in total. The molecule has 0 radical (unpaired) electrons. The maximum atomic E-state index is 6.61. The lowest BCUT2D eigenvalue weighted by atomic mass is 10.1. The fourth-order valence-corrected chi connectivity index (χ4v) is 3.72. The number of benzene rings is 1. The Balaban J connectivity index is 1.88. The largest absolute Gasteiger partial charge is 0.372 e. The summed E-state index contributed by atoms with van der Waals surface area (Å²) < 4.78 is 0. The number of halogens is 1. The van der Waals surface area contributed by atoms with Gasteiger partial charge in [0.2, 0.25) is 0 Å². The number of aryl methyl sites for hydroxylation is 1. The Kier molecular flexibility index (Phi) is 2.66. The van der Waals surface area contributed by atoms with Crippen LogP contribution in [0.15, 0.2) is 18.2 Å². The van der Waals surface area contributed by atoms with Gasteiger partial charge in [-0.05, 0) is 55.9 Å². The van der Waals surface area contributed by atoms with Gasteiger partial charge in [0.25, 0.3) is 0 Å². The summed E-state index contributed by atoms with van der Waals surface area (Å²) in [6.45, 7) is 2.34. The fourth-order valence-electron chi connectivity index (χ4n) is 3.36. The lowest BCUT2D eigenvalue weighted by molar-refractivity contribution is 0.901. The zero-order valence-corrected chi connectivity index (χ0v) is 11.7. The van der Waals surface area contributed by atoms with Crippen LogP contribution in [-0.2, 0) is 12.8 Å². The third kappa shape index (κ3) is 1.81. The van der Waals surface area contributed by atoms with Crippen LogP contribution in [0.25, 0.3) is 10.9 Å². The van der Waals surface area contributed by atoms with E-state index >= 15 is 0 Å². The molecule has 1 aromatic carbocycles. The van der Waals surface area contributed by atoms with Crippen molar-refractivity contribution in [3.05, 3.63) is 34.5 Å². The van der Waals surface area contributed by atoms with E-state index in [2.05, 4.69) is 23.1 Å². The number of fused-ring (bicyclic) bond motifs is 2. The highest BCUT2D eigenvalue weighted by Crippen LogP contribution is 2.35. The molecule has 2 aromatic rings. The SMILES string of the molecule is Clc1c2c(nc3ccc(N4CCCC4)cc13)CCC2. The number of hydrogen-bond acceptors (Lipinski definition) is 2. The maximum absolute atomic E-state index is 6.61. The third-order valence-electron chi connectivity index (χ3n) is 4.40. The number of nitrogens with zero attached hydrogens (tertiary/aromatic N) is 2. The Morgan fingerprint density at radius 2 is 1.89 bits per heavy atom. The van der Waals surface area contributed by atoms with E-state index in [9.17, 15) is 0 Å². The van der Waals surface area contributed by atoms with Crippen molar-refractivity contribution in [2.45, 2.75) is 32.1 Å². The van der Waals surface area contributed by atoms with Gasteiger partial charge < -0.3 is 4.90 Å². The Bertz CT molecular complexity index is 645. The van der Waals surface area contributed by atoms with Gasteiger partial charge in [-0.1, -0.05) is 11.6 Å². The Morgan fingerprint density at radius 3 is 2.74 bits per heavy atom. The van der Waals surface area contributed by atoms with E-state index in [-0.39, 0.29) is 0 Å². The molecule has 1 aromatic heterocycles. The van der Waals surface area contributed by atoms with Crippen LogP contribution in [0.1, 0.15) is 30.5 Å². The molecule has 0 spiro atoms. The van der Waals surface area contributed by atoms with Gasteiger partial charge in [0.05, 0.1) is 10.5 Å². The van der Waals surface area contributed by atoms with Crippen molar-refractivity contribution in [2.24, 2.45) is 0 Å². The second-order valence-electron chi connectivity index (χ2n) is 5.60. The van der Waals surface area contributed by atoms with Gasteiger partial charge in [0.15, 0.2) is 0 Å². The monoisotopic (exact) mass is 272 g/mol. The minimum atomic E-state index is 0.943. The van der Waals surface area contributed by atoms with Gasteiger partial charge in [-0.3, -0.25) is 4.98 Å². The number of rotatable bonds is 1. The topological polar surface area (TPSA) is 16.1 Å². The zero-order chi connectivity index (χ0) is 12.8. The number of pyridine rings is 1. The summed E-state index contributed by atoms with van der Waals surface area (Å²) >= 11 is 6.61. The van der Waals surface area contributed by atoms with E-state index in [1.165, 1.54) is 49.3 Å². The van der Waals surface area contributed by atoms with Crippen molar-refractivity contribution < 1.29 is 0 Å². The van der Waals surface area contributed by atoms with E-state index in [4.69, 9.17) is 16.6 Å². The summed E-state index contributed by atoms with van der Waals surface area (Å²) in [6.07, 6.45) is 5.96. The van der Waals surface area contributed by atoms with Gasteiger partial charge in [-0.15, -0.1) is 0 Å². The first-order valence-electron chi connectivity index (χ1n) is 7.19. The lowest BCUT2D eigenvalue weighted by Crippen LogP contribution is -2.17. The van der Waals surface area contributed by atoms with Crippen LogP contribution in [0.4, 0.5) is 5.69 Å². The molecular weight excluding hydrogens is 256 g/mol. The summed E-state index contributed by atoms with van der Waals surface area (Å²) in [5.41, 5.74) is 4.85. The number of aromatic nitrogens is 1. The molecule has 0 amide bonds. The molecule has 0 bridgehead atoms. The van der Waals surface area contributed by atoms with Crippen molar-refractivity contribution >= 4 is 28.2 Å². The van der Waals surface area contributed by atoms with Crippen molar-refractivity contribution in [2.75, 3.05) is 18.0 Å². The van der Waals surface area contributed by atoms with Crippen LogP contribution in [0.2, 0.25) is 5.02 Å². The molecule has 1 aliphatic carbocycles. The molecule has 1 fully saturated rings. The smallest absolute Gasteiger partial charge is 0.0722 e. The average Bonchev–Trinajstić information content (AvgIpc) is 3.09. The molecule has 0 unspecified atom stereocenters. The first kappa shape index (κ1) is 11.5. The standard InChI is InChI=1S/C16H17ClN2/c17-16-12-4-3-5-14(12)18-15-7-6-11(10-13(15)16)19-8-1-2-9-19/h6-7,10H,1-5,8-9H2. The summed E-state index contributed by atoms with van der Waals surface area (Å²) in [7, 11) is 0. The van der Waals surface area contributed by atoms with Crippen LogP contribution in [0.5, 0.6) is 0 Å². The normalized spacial score (nSPS) is 18.3. The summed E-state index contributed by atoms with van der Waals surface area (Å²) in [5.74, 6) is 0. The van der Waals surface area contributed by atoms with Crippen molar-refractivity contribution in [1.82, 2.24) is 4.98 Å². The summed E-state index contributed by atoms with van der Waals surface area (Å²) in [6, 6.07) is 6.56. The average molecular weight is 273 g/mol. The predicted molar refractivity (Wildman–Crippen MR) is 80.2 cm³/mol. The molecule has 1 aliphatic heterocycles. The Hall–Kier alpha value is -1.28. The molecule has 0 N–H and O–H groups in total. The van der Waals surface area contributed by atoms with Crippen LogP contribution in [-0.4, -0.2) is 18.1 Å². The van der Waals surface area contributed by atoms with Gasteiger partial charge in [0, 0.05) is 29.9 Å². The fraction of sp³-hybridized carbons (Fsp3) is 0.438. The molecule has 98 valence electrons. The van der Waals surface area contributed by atoms with Crippen LogP contribution in [0, 0.1) is 0 Å². The van der Waals surface area contributed by atoms with Gasteiger partial charge in [-0.2, -0.15) is 0 Å². The molecule has 3 heteroatoms. The van der Waals surface area contributed by atoms with E-state index in [0.29, 0.717) is 0 Å². The second-order valence-corrected chi connectivity index (χ2v) is 5.98. The van der Waals surface area contributed by atoms with E-state index < -0.39 is 0 Å². The molecule has 2 aliphatic rings. The van der Waals surface area contributed by atoms with Crippen LogP contribution >= 0.6 is 11.6 Å². The van der Waals surface area contributed by atoms with Gasteiger partial charge >= 0.3 is 0 Å². The molecule has 1 saturated heterocycles. The summed E-state index contributed by atoms with van der Waals surface area (Å²) in [5, 5.41) is 2.07. The third-order valence-corrected chi connectivity index (χ3v) is 4.83. The zero-order valence-electron chi connectivity index (χ0n) is 11.0. The number of hydrogen-bond donors (Lipinski definition) is 0. The van der Waals surface area contributed by atoms with E-state index in [1.807, 2.05) is 0 Å². The Labute approximate surface area is 118 Å². The summed E-state index contributed by atoms with van der Waals surface area (Å²) in [4.78, 5) is 7.23. The highest BCUT2D eigenvalue weighted by atomic mass is 35.5. The number of anilines is 1. The Morgan fingerprint density at radius 1 is 1.05 bits per heavy atom. The van der Waals surface area contributed by atoms with Gasteiger partial charge in [-0.25, -0.2) is 0 Å². The van der Waals surface area contributed by atoms with Gasteiger partial charge in [0.1, 0.15) is 0 Å². The molecule has 19 heavy (non-hydrogen) atoms. The minimum Gasteiger partial charge on any atom is -0.372 e. The lowest BCUT2D eigenvalue weighted by Gasteiger charge is -2.18. The highest BCUT2D eigenvalue weighted by Gasteiger charge is 2.19. The predicted octanol–water partition coefficient (Wildman–Crippen LogP) is 3.98.